The second kappa shape index (κ2) is 9.17. The second-order valence-corrected chi connectivity index (χ2v) is 5.37. The number of ether oxygens (including phenoxy) is 2. The fourth-order valence-corrected chi connectivity index (χ4v) is 1.64. The number of rotatable bonds is 13. The molecule has 0 aliphatic rings. The van der Waals surface area contributed by atoms with Crippen molar-refractivity contribution in [1.29, 1.82) is 0 Å². The Morgan fingerprint density at radius 1 is 0.583 bits per heavy atom. The van der Waals surface area contributed by atoms with Crippen LogP contribution < -0.4 is 0 Å². The molecule has 0 aliphatic carbocycles. The van der Waals surface area contributed by atoms with Gasteiger partial charge in [0.25, 0.3) is 0 Å². The van der Waals surface area contributed by atoms with Crippen molar-refractivity contribution in [2.45, 2.75) is 63.2 Å². The number of halogens is 8. The predicted molar refractivity (Wildman–Crippen MR) is 71.2 cm³/mol. The molecule has 24 heavy (non-hydrogen) atoms. The van der Waals surface area contributed by atoms with E-state index in [1.54, 1.807) is 6.92 Å². The van der Waals surface area contributed by atoms with Crippen LogP contribution in [-0.2, 0) is 9.47 Å². The quantitative estimate of drug-likeness (QED) is 0.327. The van der Waals surface area contributed by atoms with Crippen LogP contribution in [0.5, 0.6) is 0 Å². The fraction of sp³-hybridized carbons (Fsp3) is 1.00. The third-order valence-electron chi connectivity index (χ3n) is 3.12. The minimum Gasteiger partial charge on any atom is -0.375 e. The topological polar surface area (TPSA) is 18.5 Å². The highest BCUT2D eigenvalue weighted by molar-refractivity contribution is 5.03. The zero-order valence-corrected chi connectivity index (χ0v) is 13.5. The molecule has 0 unspecified atom stereocenters. The van der Waals surface area contributed by atoms with Crippen LogP contribution in [0.2, 0.25) is 0 Å². The van der Waals surface area contributed by atoms with Crippen molar-refractivity contribution in [2.75, 3.05) is 26.4 Å². The summed E-state index contributed by atoms with van der Waals surface area (Å²) >= 11 is 0. The van der Waals surface area contributed by atoms with E-state index in [1.807, 2.05) is 0 Å². The van der Waals surface area contributed by atoms with Gasteiger partial charge in [-0.2, -0.15) is 35.1 Å². The predicted octanol–water partition coefficient (Wildman–Crippen LogP) is 5.16. The monoisotopic (exact) mass is 374 g/mol. The van der Waals surface area contributed by atoms with Crippen LogP contribution in [0.4, 0.5) is 35.1 Å². The van der Waals surface area contributed by atoms with Crippen molar-refractivity contribution < 1.29 is 44.6 Å². The average Bonchev–Trinajstić information content (AvgIpc) is 2.46. The summed E-state index contributed by atoms with van der Waals surface area (Å²) in [4.78, 5) is 0. The van der Waals surface area contributed by atoms with Gasteiger partial charge in [-0.3, -0.25) is 0 Å². The molecule has 146 valence electrons. The Hall–Kier alpha value is -0.640. The van der Waals surface area contributed by atoms with Gasteiger partial charge in [0.05, 0.1) is 0 Å². The van der Waals surface area contributed by atoms with E-state index >= 15 is 0 Å². The zero-order valence-electron chi connectivity index (χ0n) is 13.5. The molecule has 0 heterocycles. The van der Waals surface area contributed by atoms with E-state index in [0.29, 0.717) is 12.8 Å². The molecule has 0 N–H and O–H groups in total. The van der Waals surface area contributed by atoms with Crippen molar-refractivity contribution in [3.63, 3.8) is 0 Å². The molecule has 0 aliphatic heterocycles. The minimum atomic E-state index is -6.30. The number of hydrogen-bond acceptors (Lipinski definition) is 2. The van der Waals surface area contributed by atoms with Gasteiger partial charge in [0, 0.05) is 13.2 Å². The van der Waals surface area contributed by atoms with Crippen LogP contribution >= 0.6 is 0 Å². The van der Waals surface area contributed by atoms with Crippen molar-refractivity contribution in [3.05, 3.63) is 0 Å². The molecular formula is C14H22F8O2. The van der Waals surface area contributed by atoms with Crippen molar-refractivity contribution in [1.82, 2.24) is 0 Å². The molecule has 0 saturated carbocycles. The standard InChI is InChI=1S/C14H22F8O2/c1-3-5-6-8-24-10-12(17,18)14(21,22)13(19,20)11(15,16)9-23-7-4-2/h3-10H2,1-2H3. The molecule has 2 nitrogen and oxygen atoms in total. The molecule has 0 atom stereocenters. The van der Waals surface area contributed by atoms with Gasteiger partial charge in [-0.25, -0.2) is 0 Å². The van der Waals surface area contributed by atoms with E-state index in [1.165, 1.54) is 6.92 Å². The molecule has 0 aromatic heterocycles. The van der Waals surface area contributed by atoms with E-state index in [9.17, 15) is 35.1 Å². The number of alkyl halides is 8. The fourth-order valence-electron chi connectivity index (χ4n) is 1.64. The van der Waals surface area contributed by atoms with Crippen LogP contribution in [0.3, 0.4) is 0 Å². The van der Waals surface area contributed by atoms with Crippen LogP contribution in [0.25, 0.3) is 0 Å². The highest BCUT2D eigenvalue weighted by atomic mass is 19.4. The van der Waals surface area contributed by atoms with Crippen LogP contribution in [-0.4, -0.2) is 50.1 Å². The number of hydrogen-bond donors (Lipinski definition) is 0. The van der Waals surface area contributed by atoms with Crippen molar-refractivity contribution in [2.24, 2.45) is 0 Å². The molecule has 0 spiro atoms. The van der Waals surface area contributed by atoms with Crippen LogP contribution in [0.1, 0.15) is 39.5 Å². The highest BCUT2D eigenvalue weighted by Crippen LogP contribution is 2.52. The summed E-state index contributed by atoms with van der Waals surface area (Å²) in [6.07, 6.45) is 1.68. The molecule has 0 amide bonds. The lowest BCUT2D eigenvalue weighted by Crippen LogP contribution is -2.64. The normalized spacial score (nSPS) is 14.2. The molecule has 0 rings (SSSR count). The lowest BCUT2D eigenvalue weighted by atomic mass is 9.99. The molecule has 10 heteroatoms. The van der Waals surface area contributed by atoms with Gasteiger partial charge in [-0.1, -0.05) is 26.7 Å². The second-order valence-electron chi connectivity index (χ2n) is 5.37. The molecule has 0 saturated heterocycles. The average molecular weight is 374 g/mol. The Morgan fingerprint density at radius 3 is 1.38 bits per heavy atom. The van der Waals surface area contributed by atoms with Gasteiger partial charge in [0.15, 0.2) is 0 Å². The van der Waals surface area contributed by atoms with E-state index in [0.717, 1.165) is 0 Å². The van der Waals surface area contributed by atoms with Crippen molar-refractivity contribution >= 4 is 0 Å². The SMILES string of the molecule is CCCCCOCC(F)(F)C(F)(F)C(F)(F)C(F)(F)COCCC. The summed E-state index contributed by atoms with van der Waals surface area (Å²) in [5.41, 5.74) is 0. The van der Waals surface area contributed by atoms with E-state index in [2.05, 4.69) is 9.47 Å². The Morgan fingerprint density at radius 2 is 1.00 bits per heavy atom. The lowest BCUT2D eigenvalue weighted by molar-refractivity contribution is -0.376. The Balaban J connectivity index is 5.00. The summed E-state index contributed by atoms with van der Waals surface area (Å²) in [6.45, 7) is -1.67. The highest BCUT2D eigenvalue weighted by Gasteiger charge is 2.80. The first-order chi connectivity index (χ1) is 10.9. The first kappa shape index (κ1) is 23.4. The maximum atomic E-state index is 13.4. The molecular weight excluding hydrogens is 352 g/mol. The lowest BCUT2D eigenvalue weighted by Gasteiger charge is -2.36. The van der Waals surface area contributed by atoms with E-state index < -0.39 is 43.5 Å². The van der Waals surface area contributed by atoms with E-state index in [4.69, 9.17) is 0 Å². The summed E-state index contributed by atoms with van der Waals surface area (Å²) in [5.74, 6) is -23.5. The first-order valence-corrected chi connectivity index (χ1v) is 7.54. The smallest absolute Gasteiger partial charge is 0.375 e. The summed E-state index contributed by atoms with van der Waals surface area (Å²) in [6, 6.07) is 0. The molecule has 0 fully saturated rings. The summed E-state index contributed by atoms with van der Waals surface area (Å²) < 4.78 is 116. The molecule has 0 aromatic carbocycles. The summed E-state index contributed by atoms with van der Waals surface area (Å²) in [7, 11) is 0. The molecule has 0 radical (unpaired) electrons. The van der Waals surface area contributed by atoms with Gasteiger partial charge in [-0.15, -0.1) is 0 Å². The number of unbranched alkanes of at least 4 members (excludes halogenated alkanes) is 2. The maximum absolute atomic E-state index is 13.4. The Labute approximate surface area is 135 Å². The van der Waals surface area contributed by atoms with Crippen LogP contribution in [0, 0.1) is 0 Å². The Bertz CT molecular complexity index is 361. The maximum Gasteiger partial charge on any atom is 0.380 e. The minimum absolute atomic E-state index is 0.166. The summed E-state index contributed by atoms with van der Waals surface area (Å²) in [5, 5.41) is 0. The molecule has 0 bridgehead atoms. The first-order valence-electron chi connectivity index (χ1n) is 7.54. The third kappa shape index (κ3) is 5.44. The van der Waals surface area contributed by atoms with E-state index in [-0.39, 0.29) is 19.4 Å². The van der Waals surface area contributed by atoms with Crippen LogP contribution in [0.15, 0.2) is 0 Å². The Kier molecular flexibility index (Phi) is 8.92. The molecule has 0 aromatic rings. The van der Waals surface area contributed by atoms with Gasteiger partial charge in [-0.05, 0) is 12.8 Å². The largest absolute Gasteiger partial charge is 0.380 e. The van der Waals surface area contributed by atoms with Gasteiger partial charge < -0.3 is 9.47 Å². The van der Waals surface area contributed by atoms with Gasteiger partial charge in [0.2, 0.25) is 0 Å². The van der Waals surface area contributed by atoms with Gasteiger partial charge in [0.1, 0.15) is 13.2 Å². The zero-order chi connectivity index (χ0) is 19.1. The van der Waals surface area contributed by atoms with Gasteiger partial charge >= 0.3 is 23.7 Å². The third-order valence-corrected chi connectivity index (χ3v) is 3.12. The van der Waals surface area contributed by atoms with Crippen molar-refractivity contribution in [3.8, 4) is 0 Å².